The minimum Gasteiger partial charge on any atom is -0.451 e. The molecule has 0 bridgehead atoms. The molecule has 3 N–H and O–H groups in total. The normalized spacial score (nSPS) is 10.8. The summed E-state index contributed by atoms with van der Waals surface area (Å²) in [6, 6.07) is 16.8. The summed E-state index contributed by atoms with van der Waals surface area (Å²) in [7, 11) is 0. The zero-order valence-electron chi connectivity index (χ0n) is 12.6. The van der Waals surface area contributed by atoms with Crippen LogP contribution in [0.1, 0.15) is 16.1 Å². The second kappa shape index (κ2) is 7.09. The van der Waals surface area contributed by atoms with Gasteiger partial charge in [0.05, 0.1) is 6.61 Å². The van der Waals surface area contributed by atoms with Crippen LogP contribution in [0, 0.1) is 0 Å². The average Bonchev–Trinajstić information content (AvgIpc) is 2.99. The van der Waals surface area contributed by atoms with E-state index in [0.717, 1.165) is 16.6 Å². The van der Waals surface area contributed by atoms with Gasteiger partial charge < -0.3 is 20.2 Å². The highest BCUT2D eigenvalue weighted by atomic mass is 16.3. The molecule has 0 unspecified atom stereocenters. The van der Waals surface area contributed by atoms with Crippen molar-refractivity contribution in [3.8, 4) is 0 Å². The molecule has 0 saturated carbocycles. The van der Waals surface area contributed by atoms with Gasteiger partial charge in [0.25, 0.3) is 5.91 Å². The molecule has 0 fully saturated rings. The van der Waals surface area contributed by atoms with Gasteiger partial charge in [-0.3, -0.25) is 4.79 Å². The van der Waals surface area contributed by atoms with E-state index in [2.05, 4.69) is 10.6 Å². The number of benzene rings is 2. The predicted octanol–water partition coefficient (Wildman–Crippen LogP) is 2.77. The Hall–Kier alpha value is -2.63. The van der Waals surface area contributed by atoms with Gasteiger partial charge in [0.15, 0.2) is 5.76 Å². The fourth-order valence-corrected chi connectivity index (χ4v) is 2.32. The number of rotatable bonds is 6. The highest BCUT2D eigenvalue weighted by Gasteiger charge is 2.12. The lowest BCUT2D eigenvalue weighted by Crippen LogP contribution is -2.17. The van der Waals surface area contributed by atoms with Crippen LogP contribution in [0.25, 0.3) is 11.0 Å². The van der Waals surface area contributed by atoms with E-state index in [1.807, 2.05) is 48.5 Å². The molecule has 0 atom stereocenters. The number of carbonyl (C=O) groups excluding carboxylic acids is 1. The Bertz CT molecular complexity index is 796. The van der Waals surface area contributed by atoms with Gasteiger partial charge in [0, 0.05) is 24.2 Å². The van der Waals surface area contributed by atoms with E-state index < -0.39 is 0 Å². The molecule has 0 saturated heterocycles. The molecule has 0 aliphatic carbocycles. The maximum absolute atomic E-state index is 12.2. The molecule has 5 nitrogen and oxygen atoms in total. The smallest absolute Gasteiger partial charge is 0.291 e. The van der Waals surface area contributed by atoms with E-state index in [-0.39, 0.29) is 18.3 Å². The summed E-state index contributed by atoms with van der Waals surface area (Å²) in [4.78, 5) is 12.2. The first-order valence-corrected chi connectivity index (χ1v) is 7.47. The van der Waals surface area contributed by atoms with Crippen molar-refractivity contribution >= 4 is 22.6 Å². The van der Waals surface area contributed by atoms with E-state index in [1.165, 1.54) is 0 Å². The fourth-order valence-electron chi connectivity index (χ4n) is 2.32. The Kier molecular flexibility index (Phi) is 4.71. The molecule has 1 amide bonds. The van der Waals surface area contributed by atoms with E-state index in [1.54, 1.807) is 6.07 Å². The number of aliphatic hydroxyl groups is 1. The maximum Gasteiger partial charge on any atom is 0.291 e. The molecule has 118 valence electrons. The van der Waals surface area contributed by atoms with Crippen molar-refractivity contribution in [1.82, 2.24) is 5.32 Å². The van der Waals surface area contributed by atoms with Crippen molar-refractivity contribution in [3.05, 3.63) is 65.9 Å². The summed E-state index contributed by atoms with van der Waals surface area (Å²) in [6.45, 7) is 1.29. The van der Waals surface area contributed by atoms with Gasteiger partial charge in [-0.1, -0.05) is 30.3 Å². The Morgan fingerprint density at radius 2 is 1.91 bits per heavy atom. The molecule has 1 heterocycles. The topological polar surface area (TPSA) is 74.5 Å². The number of hydrogen-bond acceptors (Lipinski definition) is 4. The summed E-state index contributed by atoms with van der Waals surface area (Å²) in [5, 5.41) is 15.6. The molecular weight excluding hydrogens is 292 g/mol. The standard InChI is InChI=1S/C18H18N2O3/c21-9-8-19-12-13-6-7-14-11-17(23-16(14)10-13)18(22)20-15-4-2-1-3-5-15/h1-7,10-11,19,21H,8-9,12H2,(H,20,22). The lowest BCUT2D eigenvalue weighted by Gasteiger charge is -2.02. The Labute approximate surface area is 133 Å². The summed E-state index contributed by atoms with van der Waals surface area (Å²) >= 11 is 0. The molecule has 5 heteroatoms. The highest BCUT2D eigenvalue weighted by Crippen LogP contribution is 2.21. The summed E-state index contributed by atoms with van der Waals surface area (Å²) in [5.74, 6) is 0.0108. The number of furan rings is 1. The van der Waals surface area contributed by atoms with Crippen LogP contribution in [0.4, 0.5) is 5.69 Å². The fraction of sp³-hybridized carbons (Fsp3) is 0.167. The number of nitrogens with one attached hydrogen (secondary N) is 2. The van der Waals surface area contributed by atoms with Crippen molar-refractivity contribution in [2.24, 2.45) is 0 Å². The maximum atomic E-state index is 12.2. The lowest BCUT2D eigenvalue weighted by molar-refractivity contribution is 0.0998. The van der Waals surface area contributed by atoms with Gasteiger partial charge in [-0.25, -0.2) is 0 Å². The number of aliphatic hydroxyl groups excluding tert-OH is 1. The van der Waals surface area contributed by atoms with Crippen molar-refractivity contribution < 1.29 is 14.3 Å². The molecule has 0 aliphatic heterocycles. The quantitative estimate of drug-likeness (QED) is 0.612. The zero-order chi connectivity index (χ0) is 16.1. The van der Waals surface area contributed by atoms with Crippen LogP contribution in [0.2, 0.25) is 0 Å². The SMILES string of the molecule is O=C(Nc1ccccc1)c1cc2ccc(CNCCO)cc2o1. The Morgan fingerprint density at radius 1 is 1.09 bits per heavy atom. The number of carbonyl (C=O) groups is 1. The Morgan fingerprint density at radius 3 is 2.70 bits per heavy atom. The number of para-hydroxylation sites is 1. The van der Waals surface area contributed by atoms with Crippen LogP contribution in [-0.2, 0) is 6.54 Å². The third-order valence-corrected chi connectivity index (χ3v) is 3.46. The minimum absolute atomic E-state index is 0.104. The van der Waals surface area contributed by atoms with E-state index in [4.69, 9.17) is 9.52 Å². The lowest BCUT2D eigenvalue weighted by atomic mass is 10.1. The van der Waals surface area contributed by atoms with Gasteiger partial charge in [-0.15, -0.1) is 0 Å². The van der Waals surface area contributed by atoms with Crippen molar-refractivity contribution in [2.45, 2.75) is 6.54 Å². The number of amides is 1. The van der Waals surface area contributed by atoms with Gasteiger partial charge in [-0.2, -0.15) is 0 Å². The molecule has 0 spiro atoms. The van der Waals surface area contributed by atoms with Gasteiger partial charge in [0.1, 0.15) is 5.58 Å². The summed E-state index contributed by atoms with van der Waals surface area (Å²) in [6.07, 6.45) is 0. The second-order valence-electron chi connectivity index (χ2n) is 5.20. The van der Waals surface area contributed by atoms with Crippen LogP contribution in [-0.4, -0.2) is 24.2 Å². The predicted molar refractivity (Wildman–Crippen MR) is 89.4 cm³/mol. The third kappa shape index (κ3) is 3.77. The van der Waals surface area contributed by atoms with Crippen molar-refractivity contribution in [2.75, 3.05) is 18.5 Å². The first kappa shape index (κ1) is 15.3. The van der Waals surface area contributed by atoms with E-state index in [0.29, 0.717) is 18.7 Å². The van der Waals surface area contributed by atoms with Crippen molar-refractivity contribution in [3.63, 3.8) is 0 Å². The number of hydrogen-bond donors (Lipinski definition) is 3. The third-order valence-electron chi connectivity index (χ3n) is 3.46. The molecule has 0 radical (unpaired) electrons. The highest BCUT2D eigenvalue weighted by molar-refractivity contribution is 6.04. The second-order valence-corrected chi connectivity index (χ2v) is 5.20. The zero-order valence-corrected chi connectivity index (χ0v) is 12.6. The van der Waals surface area contributed by atoms with Crippen LogP contribution >= 0.6 is 0 Å². The first-order chi connectivity index (χ1) is 11.3. The molecule has 3 aromatic rings. The van der Waals surface area contributed by atoms with Gasteiger partial charge in [-0.05, 0) is 29.8 Å². The number of anilines is 1. The monoisotopic (exact) mass is 310 g/mol. The number of fused-ring (bicyclic) bond motifs is 1. The molecule has 1 aromatic heterocycles. The first-order valence-electron chi connectivity index (χ1n) is 7.47. The van der Waals surface area contributed by atoms with Crippen LogP contribution in [0.5, 0.6) is 0 Å². The average molecular weight is 310 g/mol. The summed E-state index contributed by atoms with van der Waals surface area (Å²) < 4.78 is 5.66. The van der Waals surface area contributed by atoms with Crippen molar-refractivity contribution in [1.29, 1.82) is 0 Å². The molecule has 3 rings (SSSR count). The van der Waals surface area contributed by atoms with Crippen LogP contribution < -0.4 is 10.6 Å². The van der Waals surface area contributed by atoms with E-state index >= 15 is 0 Å². The molecular formula is C18H18N2O3. The molecule has 23 heavy (non-hydrogen) atoms. The Balaban J connectivity index is 1.75. The minimum atomic E-state index is -0.271. The van der Waals surface area contributed by atoms with Gasteiger partial charge in [0.2, 0.25) is 0 Å². The van der Waals surface area contributed by atoms with E-state index in [9.17, 15) is 4.79 Å². The summed E-state index contributed by atoms with van der Waals surface area (Å²) in [5.41, 5.74) is 2.44. The van der Waals surface area contributed by atoms with Crippen LogP contribution in [0.3, 0.4) is 0 Å². The molecule has 2 aromatic carbocycles. The van der Waals surface area contributed by atoms with Crippen LogP contribution in [0.15, 0.2) is 59.0 Å². The van der Waals surface area contributed by atoms with Gasteiger partial charge >= 0.3 is 0 Å². The largest absolute Gasteiger partial charge is 0.451 e. The molecule has 0 aliphatic rings.